The quantitative estimate of drug-likeness (QED) is 0.590. The van der Waals surface area contributed by atoms with Crippen LogP contribution in [0.3, 0.4) is 0 Å². The summed E-state index contributed by atoms with van der Waals surface area (Å²) in [4.78, 5) is 0. The zero-order chi connectivity index (χ0) is 22.5. The van der Waals surface area contributed by atoms with Gasteiger partial charge in [0, 0.05) is 24.8 Å². The van der Waals surface area contributed by atoms with Crippen molar-refractivity contribution < 1.29 is 27.8 Å². The summed E-state index contributed by atoms with van der Waals surface area (Å²) in [6, 6.07) is 1.44. The van der Waals surface area contributed by atoms with Crippen LogP contribution >= 0.6 is 0 Å². The van der Waals surface area contributed by atoms with E-state index in [1.54, 1.807) is 4.68 Å². The minimum Gasteiger partial charge on any atom is -0.388 e. The van der Waals surface area contributed by atoms with Gasteiger partial charge in [-0.1, -0.05) is 10.4 Å². The van der Waals surface area contributed by atoms with E-state index in [1.807, 2.05) is 13.1 Å². The highest BCUT2D eigenvalue weighted by Crippen LogP contribution is 2.30. The summed E-state index contributed by atoms with van der Waals surface area (Å²) in [5.41, 5.74) is 0.284. The van der Waals surface area contributed by atoms with Gasteiger partial charge in [-0.3, -0.25) is 0 Å². The van der Waals surface area contributed by atoms with Crippen LogP contribution in [-0.4, -0.2) is 67.1 Å². The Bertz CT molecular complexity index is 1130. The number of aliphatic hydroxyl groups is 1. The molecule has 2 aromatic heterocycles. The molecule has 170 valence electrons. The standard InChI is InChI=1S/C20H21F3N6O3/c1-20(9-31-10-20)29-7-11(24-27-29)6-16-19(30)15(4-5-32-16)28-8-14(25-26-28)12-2-3-13(21)18(23)17(12)22/h2-3,7-8,15-16,19,30H,4-6,9-10H2,1H3. The van der Waals surface area contributed by atoms with Crippen molar-refractivity contribution in [2.75, 3.05) is 19.8 Å². The highest BCUT2D eigenvalue weighted by Gasteiger charge is 2.38. The minimum atomic E-state index is -1.57. The average Bonchev–Trinajstić information content (AvgIpc) is 3.42. The van der Waals surface area contributed by atoms with Crippen molar-refractivity contribution in [1.82, 2.24) is 30.0 Å². The molecule has 3 unspecified atom stereocenters. The molecule has 3 aromatic rings. The lowest BCUT2D eigenvalue weighted by atomic mass is 9.96. The number of halogens is 3. The summed E-state index contributed by atoms with van der Waals surface area (Å²) in [6.07, 6.45) is 2.51. The van der Waals surface area contributed by atoms with Crippen LogP contribution in [0.4, 0.5) is 13.2 Å². The first kappa shape index (κ1) is 21.0. The van der Waals surface area contributed by atoms with Crippen molar-refractivity contribution in [1.29, 1.82) is 0 Å². The number of ether oxygens (including phenoxy) is 2. The third-order valence-corrected chi connectivity index (χ3v) is 6.01. The largest absolute Gasteiger partial charge is 0.388 e. The molecule has 0 spiro atoms. The molecule has 0 radical (unpaired) electrons. The summed E-state index contributed by atoms with van der Waals surface area (Å²) in [7, 11) is 0. The molecule has 5 rings (SSSR count). The maximum atomic E-state index is 14.1. The van der Waals surface area contributed by atoms with Gasteiger partial charge in [-0.25, -0.2) is 22.5 Å². The zero-order valence-corrected chi connectivity index (χ0v) is 17.2. The van der Waals surface area contributed by atoms with Crippen molar-refractivity contribution in [3.05, 3.63) is 47.7 Å². The van der Waals surface area contributed by atoms with E-state index in [9.17, 15) is 18.3 Å². The topological polar surface area (TPSA) is 100 Å². The van der Waals surface area contributed by atoms with E-state index < -0.39 is 35.7 Å². The number of hydrogen-bond donors (Lipinski definition) is 1. The fourth-order valence-corrected chi connectivity index (χ4v) is 4.00. The lowest BCUT2D eigenvalue weighted by molar-refractivity contribution is -0.102. The molecule has 0 bridgehead atoms. The second-order valence-corrected chi connectivity index (χ2v) is 8.41. The zero-order valence-electron chi connectivity index (χ0n) is 17.2. The molecular formula is C20H21F3N6O3. The van der Waals surface area contributed by atoms with Gasteiger partial charge in [0.1, 0.15) is 17.3 Å². The number of aliphatic hydroxyl groups excluding tert-OH is 1. The van der Waals surface area contributed by atoms with E-state index in [0.29, 0.717) is 38.4 Å². The number of benzene rings is 1. The summed E-state index contributed by atoms with van der Waals surface area (Å²) in [6.45, 7) is 3.51. The SMILES string of the molecule is CC1(n2cc(CC3OCCC(n4cc(-c5ccc(F)c(F)c5F)nn4)C3O)nn2)COC1. The Kier molecular flexibility index (Phi) is 5.22. The highest BCUT2D eigenvalue weighted by molar-refractivity contribution is 5.58. The molecule has 0 aliphatic carbocycles. The normalized spacial score (nSPS) is 25.0. The minimum absolute atomic E-state index is 0.0375. The summed E-state index contributed by atoms with van der Waals surface area (Å²) in [5.74, 6) is -4.19. The third kappa shape index (κ3) is 3.57. The van der Waals surface area contributed by atoms with Crippen molar-refractivity contribution in [3.8, 4) is 11.3 Å². The summed E-state index contributed by atoms with van der Waals surface area (Å²) in [5, 5.41) is 27.1. The Hall–Kier alpha value is -2.83. The van der Waals surface area contributed by atoms with E-state index in [0.717, 1.165) is 12.1 Å². The van der Waals surface area contributed by atoms with Gasteiger partial charge in [-0.2, -0.15) is 0 Å². The third-order valence-electron chi connectivity index (χ3n) is 6.01. The maximum Gasteiger partial charge on any atom is 0.195 e. The van der Waals surface area contributed by atoms with Crippen molar-refractivity contribution in [2.45, 2.75) is 43.6 Å². The molecule has 2 saturated heterocycles. The molecule has 0 amide bonds. The second kappa shape index (κ2) is 7.94. The Balaban J connectivity index is 1.32. The van der Waals surface area contributed by atoms with Crippen molar-refractivity contribution in [3.63, 3.8) is 0 Å². The first-order valence-corrected chi connectivity index (χ1v) is 10.2. The lowest BCUT2D eigenvalue weighted by Crippen LogP contribution is -2.49. The molecule has 0 saturated carbocycles. The average molecular weight is 450 g/mol. The molecule has 2 aliphatic rings. The predicted molar refractivity (Wildman–Crippen MR) is 103 cm³/mol. The number of aromatic nitrogens is 6. The fourth-order valence-electron chi connectivity index (χ4n) is 4.00. The van der Waals surface area contributed by atoms with E-state index in [4.69, 9.17) is 9.47 Å². The Labute approximate surface area is 180 Å². The van der Waals surface area contributed by atoms with Crippen LogP contribution in [0.2, 0.25) is 0 Å². The first-order chi connectivity index (χ1) is 15.4. The number of nitrogens with zero attached hydrogens (tertiary/aromatic N) is 6. The van der Waals surface area contributed by atoms with Gasteiger partial charge in [0.2, 0.25) is 0 Å². The van der Waals surface area contributed by atoms with Crippen LogP contribution < -0.4 is 0 Å². The van der Waals surface area contributed by atoms with Crippen LogP contribution in [0.15, 0.2) is 24.5 Å². The molecule has 12 heteroatoms. The summed E-state index contributed by atoms with van der Waals surface area (Å²) < 4.78 is 55.1. The van der Waals surface area contributed by atoms with E-state index >= 15 is 0 Å². The lowest BCUT2D eigenvalue weighted by Gasteiger charge is -2.37. The number of hydrogen-bond acceptors (Lipinski definition) is 7. The molecule has 2 aliphatic heterocycles. The molecule has 1 aromatic carbocycles. The van der Waals surface area contributed by atoms with Crippen LogP contribution in [0.5, 0.6) is 0 Å². The van der Waals surface area contributed by atoms with Crippen molar-refractivity contribution in [2.24, 2.45) is 0 Å². The monoisotopic (exact) mass is 450 g/mol. The van der Waals surface area contributed by atoms with Crippen LogP contribution in [0.25, 0.3) is 11.3 Å². The Morgan fingerprint density at radius 2 is 1.94 bits per heavy atom. The smallest absolute Gasteiger partial charge is 0.195 e. The molecule has 4 heterocycles. The van der Waals surface area contributed by atoms with Gasteiger partial charge in [-0.05, 0) is 25.5 Å². The van der Waals surface area contributed by atoms with Crippen molar-refractivity contribution >= 4 is 0 Å². The summed E-state index contributed by atoms with van der Waals surface area (Å²) >= 11 is 0. The molecule has 2 fully saturated rings. The van der Waals surface area contributed by atoms with E-state index in [1.165, 1.54) is 10.9 Å². The van der Waals surface area contributed by atoms with Gasteiger partial charge >= 0.3 is 0 Å². The molecular weight excluding hydrogens is 429 g/mol. The predicted octanol–water partition coefficient (Wildman–Crippen LogP) is 1.63. The van der Waals surface area contributed by atoms with Gasteiger partial charge in [0.25, 0.3) is 0 Å². The molecule has 32 heavy (non-hydrogen) atoms. The molecule has 1 N–H and O–H groups in total. The van der Waals surface area contributed by atoms with Gasteiger partial charge < -0.3 is 14.6 Å². The fraction of sp³-hybridized carbons (Fsp3) is 0.500. The molecule has 3 atom stereocenters. The first-order valence-electron chi connectivity index (χ1n) is 10.2. The van der Waals surface area contributed by atoms with Crippen LogP contribution in [0, 0.1) is 17.5 Å². The van der Waals surface area contributed by atoms with Gasteiger partial charge in [0.15, 0.2) is 17.5 Å². The molecule has 9 nitrogen and oxygen atoms in total. The highest BCUT2D eigenvalue weighted by atomic mass is 19.2. The van der Waals surface area contributed by atoms with Crippen LogP contribution in [-0.2, 0) is 21.4 Å². The van der Waals surface area contributed by atoms with E-state index in [-0.39, 0.29) is 16.8 Å². The van der Waals surface area contributed by atoms with Crippen LogP contribution in [0.1, 0.15) is 25.1 Å². The van der Waals surface area contributed by atoms with E-state index in [2.05, 4.69) is 20.6 Å². The second-order valence-electron chi connectivity index (χ2n) is 8.41. The van der Waals surface area contributed by atoms with Gasteiger partial charge in [0.05, 0.1) is 37.3 Å². The Morgan fingerprint density at radius 3 is 2.69 bits per heavy atom. The maximum absolute atomic E-state index is 14.1. The number of rotatable bonds is 5. The Morgan fingerprint density at radius 1 is 1.12 bits per heavy atom. The van der Waals surface area contributed by atoms with Gasteiger partial charge in [-0.15, -0.1) is 10.2 Å².